The van der Waals surface area contributed by atoms with Crippen LogP contribution in [0.25, 0.3) is 0 Å². The number of carbonyl (C=O) groups is 1. The Kier molecular flexibility index (Phi) is 5.32. The van der Waals surface area contributed by atoms with Crippen molar-refractivity contribution in [1.29, 1.82) is 0 Å². The summed E-state index contributed by atoms with van der Waals surface area (Å²) in [5, 5.41) is 14.6. The number of benzene rings is 1. The predicted octanol–water partition coefficient (Wildman–Crippen LogP) is 2.90. The van der Waals surface area contributed by atoms with Crippen LogP contribution in [0.5, 0.6) is 5.75 Å². The van der Waals surface area contributed by atoms with E-state index < -0.39 is 5.60 Å². The first kappa shape index (κ1) is 18.5. The Hall–Kier alpha value is -2.34. The van der Waals surface area contributed by atoms with Gasteiger partial charge in [0, 0.05) is 25.6 Å². The van der Waals surface area contributed by atoms with E-state index in [-0.39, 0.29) is 12.5 Å². The molecule has 0 radical (unpaired) electrons. The minimum Gasteiger partial charge on any atom is -0.491 e. The normalized spacial score (nSPS) is 16.5. The molecule has 1 amide bonds. The fourth-order valence-corrected chi connectivity index (χ4v) is 3.03. The van der Waals surface area contributed by atoms with Gasteiger partial charge >= 0.3 is 0 Å². The minimum atomic E-state index is -0.923. The summed E-state index contributed by atoms with van der Waals surface area (Å²) < 4.78 is 10.9. The van der Waals surface area contributed by atoms with E-state index in [1.54, 1.807) is 11.0 Å². The van der Waals surface area contributed by atoms with E-state index in [9.17, 15) is 9.90 Å². The zero-order valence-corrected chi connectivity index (χ0v) is 15.6. The van der Waals surface area contributed by atoms with Gasteiger partial charge in [-0.05, 0) is 49.9 Å². The van der Waals surface area contributed by atoms with E-state index in [0.717, 1.165) is 11.3 Å². The maximum absolute atomic E-state index is 12.5. The van der Waals surface area contributed by atoms with Gasteiger partial charge < -0.3 is 19.3 Å². The Morgan fingerprint density at radius 3 is 2.62 bits per heavy atom. The molecule has 1 fully saturated rings. The molecule has 1 aliphatic heterocycles. The minimum absolute atomic E-state index is 0.148. The number of rotatable bonds is 5. The summed E-state index contributed by atoms with van der Waals surface area (Å²) in [5.41, 5.74) is 1.78. The summed E-state index contributed by atoms with van der Waals surface area (Å²) in [6.45, 7) is 7.21. The van der Waals surface area contributed by atoms with E-state index in [4.69, 9.17) is 9.26 Å². The molecule has 140 valence electrons. The van der Waals surface area contributed by atoms with Crippen LogP contribution in [0.3, 0.4) is 0 Å². The Morgan fingerprint density at radius 1 is 1.27 bits per heavy atom. The van der Waals surface area contributed by atoms with Crippen molar-refractivity contribution in [3.63, 3.8) is 0 Å². The highest BCUT2D eigenvalue weighted by Crippen LogP contribution is 2.25. The summed E-state index contributed by atoms with van der Waals surface area (Å²) in [6, 6.07) is 7.60. The third kappa shape index (κ3) is 4.07. The van der Waals surface area contributed by atoms with Gasteiger partial charge in [-0.15, -0.1) is 0 Å². The largest absolute Gasteiger partial charge is 0.491 e. The third-order valence-corrected chi connectivity index (χ3v) is 5.09. The fraction of sp³-hybridized carbons (Fsp3) is 0.500. The SMILES string of the molecule is CCc1cc(C(=O)N2CCC(O)(COc3ccc(C)c(C)c3)CC2)no1. The molecule has 1 N–H and O–H groups in total. The van der Waals surface area contributed by atoms with Gasteiger partial charge in [-0.25, -0.2) is 0 Å². The molecule has 26 heavy (non-hydrogen) atoms. The Labute approximate surface area is 153 Å². The van der Waals surface area contributed by atoms with E-state index in [0.29, 0.717) is 43.8 Å². The molecule has 0 spiro atoms. The van der Waals surface area contributed by atoms with Gasteiger partial charge in [-0.2, -0.15) is 0 Å². The molecule has 1 aromatic carbocycles. The number of nitrogens with zero attached hydrogens (tertiary/aromatic N) is 2. The van der Waals surface area contributed by atoms with Crippen molar-refractivity contribution in [2.24, 2.45) is 0 Å². The van der Waals surface area contributed by atoms with Crippen molar-refractivity contribution in [3.05, 3.63) is 46.8 Å². The summed E-state index contributed by atoms with van der Waals surface area (Å²) in [7, 11) is 0. The first-order valence-corrected chi connectivity index (χ1v) is 9.07. The van der Waals surface area contributed by atoms with Crippen molar-refractivity contribution in [2.45, 2.75) is 45.6 Å². The quantitative estimate of drug-likeness (QED) is 0.889. The lowest BCUT2D eigenvalue weighted by Crippen LogP contribution is -2.49. The van der Waals surface area contributed by atoms with Gasteiger partial charge in [-0.1, -0.05) is 18.1 Å². The zero-order valence-electron chi connectivity index (χ0n) is 15.6. The molecule has 0 bridgehead atoms. The van der Waals surface area contributed by atoms with Crippen LogP contribution in [0, 0.1) is 13.8 Å². The Balaban J connectivity index is 1.54. The third-order valence-electron chi connectivity index (χ3n) is 5.09. The standard InChI is InChI=1S/C20H26N2O4/c1-4-16-12-18(21-26-16)19(23)22-9-7-20(24,8-10-22)13-25-17-6-5-14(2)15(3)11-17/h5-6,11-12,24H,4,7-10,13H2,1-3H3. The molecule has 0 atom stereocenters. The molecule has 0 saturated carbocycles. The number of carbonyl (C=O) groups excluding carboxylic acids is 1. The summed E-state index contributed by atoms with van der Waals surface area (Å²) >= 11 is 0. The Morgan fingerprint density at radius 2 is 2.00 bits per heavy atom. The molecular formula is C20H26N2O4. The number of aromatic nitrogens is 1. The van der Waals surface area contributed by atoms with Crippen molar-refractivity contribution in [1.82, 2.24) is 10.1 Å². The molecule has 0 aliphatic carbocycles. The zero-order chi connectivity index (χ0) is 18.7. The number of likely N-dealkylation sites (tertiary alicyclic amines) is 1. The second-order valence-corrected chi connectivity index (χ2v) is 7.08. The van der Waals surface area contributed by atoms with Gasteiger partial charge in [0.1, 0.15) is 23.7 Å². The van der Waals surface area contributed by atoms with Crippen LogP contribution in [0.4, 0.5) is 0 Å². The van der Waals surface area contributed by atoms with Crippen molar-refractivity contribution in [3.8, 4) is 5.75 Å². The number of piperidine rings is 1. The summed E-state index contributed by atoms with van der Waals surface area (Å²) in [4.78, 5) is 14.2. The second kappa shape index (κ2) is 7.50. The molecule has 6 heteroatoms. The molecule has 1 aromatic heterocycles. The van der Waals surface area contributed by atoms with Gasteiger partial charge in [0.05, 0.1) is 0 Å². The lowest BCUT2D eigenvalue weighted by Gasteiger charge is -2.37. The molecule has 0 unspecified atom stereocenters. The molecular weight excluding hydrogens is 332 g/mol. The molecule has 2 aromatic rings. The fourth-order valence-electron chi connectivity index (χ4n) is 3.03. The van der Waals surface area contributed by atoms with Crippen molar-refractivity contribution in [2.75, 3.05) is 19.7 Å². The van der Waals surface area contributed by atoms with Crippen LogP contribution in [-0.2, 0) is 6.42 Å². The highest BCUT2D eigenvalue weighted by atomic mass is 16.5. The molecule has 1 aliphatic rings. The topological polar surface area (TPSA) is 75.8 Å². The highest BCUT2D eigenvalue weighted by Gasteiger charge is 2.35. The monoisotopic (exact) mass is 358 g/mol. The molecule has 1 saturated heterocycles. The van der Waals surface area contributed by atoms with Crippen LogP contribution in [0.1, 0.15) is 47.1 Å². The number of aliphatic hydroxyl groups is 1. The number of hydrogen-bond acceptors (Lipinski definition) is 5. The highest BCUT2D eigenvalue weighted by molar-refractivity contribution is 5.92. The van der Waals surface area contributed by atoms with Crippen LogP contribution in [0.15, 0.2) is 28.8 Å². The smallest absolute Gasteiger partial charge is 0.276 e. The maximum Gasteiger partial charge on any atom is 0.276 e. The first-order valence-electron chi connectivity index (χ1n) is 9.07. The van der Waals surface area contributed by atoms with Gasteiger partial charge in [-0.3, -0.25) is 4.79 Å². The van der Waals surface area contributed by atoms with E-state index >= 15 is 0 Å². The van der Waals surface area contributed by atoms with Gasteiger partial charge in [0.2, 0.25) is 0 Å². The van der Waals surface area contributed by atoms with Crippen molar-refractivity contribution < 1.29 is 19.2 Å². The summed E-state index contributed by atoms with van der Waals surface area (Å²) in [6.07, 6.45) is 1.65. The number of hydrogen-bond donors (Lipinski definition) is 1. The van der Waals surface area contributed by atoms with Crippen LogP contribution < -0.4 is 4.74 Å². The molecule has 2 heterocycles. The lowest BCUT2D eigenvalue weighted by atomic mass is 9.92. The van der Waals surface area contributed by atoms with E-state index in [1.807, 2.05) is 32.0 Å². The van der Waals surface area contributed by atoms with Crippen LogP contribution in [-0.4, -0.2) is 46.4 Å². The number of aryl methyl sites for hydroxylation is 3. The average molecular weight is 358 g/mol. The van der Waals surface area contributed by atoms with Gasteiger partial charge in [0.25, 0.3) is 5.91 Å². The van der Waals surface area contributed by atoms with Crippen LogP contribution >= 0.6 is 0 Å². The first-order chi connectivity index (χ1) is 12.4. The average Bonchev–Trinajstić information content (AvgIpc) is 3.12. The number of ether oxygens (including phenoxy) is 1. The number of amides is 1. The second-order valence-electron chi connectivity index (χ2n) is 7.08. The Bertz CT molecular complexity index is 776. The van der Waals surface area contributed by atoms with Crippen LogP contribution in [0.2, 0.25) is 0 Å². The van der Waals surface area contributed by atoms with E-state index in [2.05, 4.69) is 12.1 Å². The maximum atomic E-state index is 12.5. The predicted molar refractivity (Wildman–Crippen MR) is 97.4 cm³/mol. The lowest BCUT2D eigenvalue weighted by molar-refractivity contribution is -0.0476. The van der Waals surface area contributed by atoms with E-state index in [1.165, 1.54) is 5.56 Å². The summed E-state index contributed by atoms with van der Waals surface area (Å²) in [5.74, 6) is 1.31. The van der Waals surface area contributed by atoms with Crippen molar-refractivity contribution >= 4 is 5.91 Å². The molecule has 6 nitrogen and oxygen atoms in total. The molecule has 3 rings (SSSR count). The van der Waals surface area contributed by atoms with Gasteiger partial charge in [0.15, 0.2) is 5.69 Å².